The van der Waals surface area contributed by atoms with E-state index in [1.165, 1.54) is 0 Å². The summed E-state index contributed by atoms with van der Waals surface area (Å²) in [6.07, 6.45) is 1.35. The van der Waals surface area contributed by atoms with E-state index in [0.717, 1.165) is 12.5 Å². The summed E-state index contributed by atoms with van der Waals surface area (Å²) in [5, 5.41) is 0. The molecule has 0 rings (SSSR count). The summed E-state index contributed by atoms with van der Waals surface area (Å²) in [4.78, 5) is 11.1. The standard InChI is InChI=1S/C12H22O4/c1-6-10(13)16-11(12(2,3)4)15-9-7-8-14-5/h6,11H,1,7-9H2,2-5H3. The topological polar surface area (TPSA) is 44.8 Å². The van der Waals surface area contributed by atoms with Crippen LogP contribution in [-0.2, 0) is 19.0 Å². The predicted octanol–water partition coefficient (Wildman–Crippen LogP) is 2.14. The Morgan fingerprint density at radius 2 is 2.00 bits per heavy atom. The minimum absolute atomic E-state index is 0.258. The average molecular weight is 230 g/mol. The molecule has 0 radical (unpaired) electrons. The zero-order chi connectivity index (χ0) is 12.6. The van der Waals surface area contributed by atoms with Gasteiger partial charge in [0.05, 0.1) is 6.61 Å². The van der Waals surface area contributed by atoms with Gasteiger partial charge in [-0.05, 0) is 6.42 Å². The lowest BCUT2D eigenvalue weighted by Crippen LogP contribution is -2.34. The molecule has 1 unspecified atom stereocenters. The summed E-state index contributed by atoms with van der Waals surface area (Å²) in [7, 11) is 1.64. The van der Waals surface area contributed by atoms with Crippen LogP contribution in [0.5, 0.6) is 0 Å². The Morgan fingerprint density at radius 1 is 1.38 bits per heavy atom. The molecule has 0 saturated heterocycles. The SMILES string of the molecule is C=CC(=O)OC(OCCCOC)C(C)(C)C. The van der Waals surface area contributed by atoms with E-state index in [-0.39, 0.29) is 5.41 Å². The van der Waals surface area contributed by atoms with Crippen molar-refractivity contribution in [1.29, 1.82) is 0 Å². The van der Waals surface area contributed by atoms with Crippen LogP contribution < -0.4 is 0 Å². The number of methoxy groups -OCH3 is 1. The highest BCUT2D eigenvalue weighted by Crippen LogP contribution is 2.23. The summed E-state index contributed by atoms with van der Waals surface area (Å²) in [5.41, 5.74) is -0.258. The number of ether oxygens (including phenoxy) is 3. The Kier molecular flexibility index (Phi) is 7.01. The number of hydrogen-bond donors (Lipinski definition) is 0. The second-order valence-electron chi connectivity index (χ2n) is 4.56. The molecule has 16 heavy (non-hydrogen) atoms. The van der Waals surface area contributed by atoms with Gasteiger partial charge in [0.15, 0.2) is 0 Å². The normalized spacial score (nSPS) is 13.2. The Bertz CT molecular complexity index is 218. The molecule has 0 heterocycles. The first-order valence-corrected chi connectivity index (χ1v) is 5.35. The average Bonchev–Trinajstić information content (AvgIpc) is 2.20. The monoisotopic (exact) mass is 230 g/mol. The van der Waals surface area contributed by atoms with E-state index in [9.17, 15) is 4.79 Å². The Hall–Kier alpha value is -0.870. The predicted molar refractivity (Wildman–Crippen MR) is 62.0 cm³/mol. The van der Waals surface area contributed by atoms with Crippen LogP contribution >= 0.6 is 0 Å². The van der Waals surface area contributed by atoms with Crippen molar-refractivity contribution >= 4 is 5.97 Å². The fourth-order valence-electron chi connectivity index (χ4n) is 1.01. The van der Waals surface area contributed by atoms with Crippen molar-refractivity contribution < 1.29 is 19.0 Å². The van der Waals surface area contributed by atoms with E-state index in [4.69, 9.17) is 14.2 Å². The highest BCUT2D eigenvalue weighted by atomic mass is 16.7. The van der Waals surface area contributed by atoms with Crippen LogP contribution in [0.3, 0.4) is 0 Å². The molecule has 0 fully saturated rings. The van der Waals surface area contributed by atoms with E-state index in [2.05, 4.69) is 6.58 Å². The Labute approximate surface area is 97.6 Å². The maximum atomic E-state index is 11.1. The molecular weight excluding hydrogens is 208 g/mol. The van der Waals surface area contributed by atoms with Gasteiger partial charge in [-0.2, -0.15) is 0 Å². The highest BCUT2D eigenvalue weighted by molar-refractivity contribution is 5.81. The number of carbonyl (C=O) groups is 1. The molecule has 0 N–H and O–H groups in total. The van der Waals surface area contributed by atoms with Crippen molar-refractivity contribution in [3.63, 3.8) is 0 Å². The number of rotatable bonds is 7. The van der Waals surface area contributed by atoms with E-state index in [1.807, 2.05) is 20.8 Å². The van der Waals surface area contributed by atoms with Crippen molar-refractivity contribution in [2.45, 2.75) is 33.5 Å². The van der Waals surface area contributed by atoms with Gasteiger partial charge in [-0.25, -0.2) is 4.79 Å². The lowest BCUT2D eigenvalue weighted by molar-refractivity contribution is -0.199. The second kappa shape index (κ2) is 7.41. The van der Waals surface area contributed by atoms with Crippen LogP contribution in [0.25, 0.3) is 0 Å². The summed E-state index contributed by atoms with van der Waals surface area (Å²) in [6, 6.07) is 0. The van der Waals surface area contributed by atoms with Gasteiger partial charge < -0.3 is 14.2 Å². The van der Waals surface area contributed by atoms with Crippen LogP contribution in [0.4, 0.5) is 0 Å². The van der Waals surface area contributed by atoms with Crippen molar-refractivity contribution in [2.24, 2.45) is 5.41 Å². The molecule has 0 aliphatic heterocycles. The van der Waals surface area contributed by atoms with Crippen molar-refractivity contribution in [3.8, 4) is 0 Å². The van der Waals surface area contributed by atoms with Crippen LogP contribution in [0, 0.1) is 5.41 Å². The molecular formula is C12H22O4. The van der Waals surface area contributed by atoms with Gasteiger partial charge in [-0.1, -0.05) is 27.4 Å². The van der Waals surface area contributed by atoms with Gasteiger partial charge in [0.25, 0.3) is 0 Å². The first-order valence-electron chi connectivity index (χ1n) is 5.35. The summed E-state index contributed by atoms with van der Waals surface area (Å²) in [6.45, 7) is 10.3. The summed E-state index contributed by atoms with van der Waals surface area (Å²) in [5.74, 6) is -0.466. The third-order valence-corrected chi connectivity index (χ3v) is 1.86. The van der Waals surface area contributed by atoms with Crippen molar-refractivity contribution in [2.75, 3.05) is 20.3 Å². The number of hydrogen-bond acceptors (Lipinski definition) is 4. The molecule has 0 saturated carbocycles. The summed E-state index contributed by atoms with van der Waals surface area (Å²) >= 11 is 0. The van der Waals surface area contributed by atoms with Gasteiger partial charge in [-0.15, -0.1) is 0 Å². The lowest BCUT2D eigenvalue weighted by Gasteiger charge is -2.29. The fourth-order valence-corrected chi connectivity index (χ4v) is 1.01. The molecule has 0 amide bonds. The molecule has 4 nitrogen and oxygen atoms in total. The zero-order valence-corrected chi connectivity index (χ0v) is 10.6. The minimum atomic E-state index is -0.560. The lowest BCUT2D eigenvalue weighted by atomic mass is 9.96. The van der Waals surface area contributed by atoms with Gasteiger partial charge >= 0.3 is 5.97 Å². The number of esters is 1. The molecule has 0 spiro atoms. The minimum Gasteiger partial charge on any atom is -0.432 e. The van der Waals surface area contributed by atoms with Gasteiger partial charge in [0, 0.05) is 25.2 Å². The molecule has 0 aliphatic carbocycles. The smallest absolute Gasteiger partial charge is 0.332 e. The fraction of sp³-hybridized carbons (Fsp3) is 0.750. The first kappa shape index (κ1) is 15.1. The maximum Gasteiger partial charge on any atom is 0.332 e. The van der Waals surface area contributed by atoms with E-state index in [1.54, 1.807) is 7.11 Å². The molecule has 4 heteroatoms. The second-order valence-corrected chi connectivity index (χ2v) is 4.56. The third-order valence-electron chi connectivity index (χ3n) is 1.86. The zero-order valence-electron chi connectivity index (χ0n) is 10.6. The van der Waals surface area contributed by atoms with Crippen LogP contribution in [0.15, 0.2) is 12.7 Å². The third kappa shape index (κ3) is 6.58. The van der Waals surface area contributed by atoms with E-state index >= 15 is 0 Å². The quantitative estimate of drug-likeness (QED) is 0.291. The molecule has 94 valence electrons. The summed E-state index contributed by atoms with van der Waals surface area (Å²) < 4.78 is 15.5. The molecule has 1 atom stereocenters. The molecule has 0 aliphatic rings. The molecule has 0 bridgehead atoms. The van der Waals surface area contributed by atoms with Crippen LogP contribution in [-0.4, -0.2) is 32.6 Å². The largest absolute Gasteiger partial charge is 0.432 e. The highest BCUT2D eigenvalue weighted by Gasteiger charge is 2.28. The van der Waals surface area contributed by atoms with E-state index < -0.39 is 12.3 Å². The Morgan fingerprint density at radius 3 is 2.44 bits per heavy atom. The van der Waals surface area contributed by atoms with Gasteiger partial charge in [0.1, 0.15) is 0 Å². The van der Waals surface area contributed by atoms with Gasteiger partial charge in [0.2, 0.25) is 6.29 Å². The van der Waals surface area contributed by atoms with E-state index in [0.29, 0.717) is 13.2 Å². The van der Waals surface area contributed by atoms with Crippen LogP contribution in [0.2, 0.25) is 0 Å². The molecule has 0 aromatic rings. The molecule has 0 aromatic carbocycles. The first-order chi connectivity index (χ1) is 7.41. The molecule has 0 aromatic heterocycles. The maximum absolute atomic E-state index is 11.1. The van der Waals surface area contributed by atoms with Crippen molar-refractivity contribution in [3.05, 3.63) is 12.7 Å². The number of carbonyl (C=O) groups excluding carboxylic acids is 1. The van der Waals surface area contributed by atoms with Crippen molar-refractivity contribution in [1.82, 2.24) is 0 Å². The Balaban J connectivity index is 4.12. The van der Waals surface area contributed by atoms with Gasteiger partial charge in [-0.3, -0.25) is 0 Å². The van der Waals surface area contributed by atoms with Crippen LogP contribution in [0.1, 0.15) is 27.2 Å².